The van der Waals surface area contributed by atoms with Crippen LogP contribution in [0.25, 0.3) is 0 Å². The van der Waals surface area contributed by atoms with Gasteiger partial charge in [0, 0.05) is 0 Å². The fourth-order valence-electron chi connectivity index (χ4n) is 1.03. The third-order valence-corrected chi connectivity index (χ3v) is 1.66. The van der Waals surface area contributed by atoms with E-state index in [2.05, 4.69) is 42.4 Å². The van der Waals surface area contributed by atoms with Gasteiger partial charge in [-0.3, -0.25) is 0 Å². The molecule has 1 rings (SSSR count). The molecule has 0 heterocycles. The minimum atomic E-state index is -3.17. The highest BCUT2D eigenvalue weighted by Crippen LogP contribution is 2.03. The lowest BCUT2D eigenvalue weighted by atomic mass is 10.1. The van der Waals surface area contributed by atoms with E-state index in [-0.39, 0.29) is 0 Å². The Balaban J connectivity index is 0.000000336. The van der Waals surface area contributed by atoms with Crippen LogP contribution in [0.3, 0.4) is 0 Å². The average molecular weight is 229 g/mol. The highest BCUT2D eigenvalue weighted by molar-refractivity contribution is 7.88. The molecule has 86 valence electrons. The number of hydrogen-bond donors (Lipinski definition) is 1. The predicted octanol–water partition coefficient (Wildman–Crippen LogP) is 1.93. The molecule has 4 heteroatoms. The van der Waals surface area contributed by atoms with Gasteiger partial charge in [-0.25, -0.2) is 13.6 Å². The van der Waals surface area contributed by atoms with Crippen LogP contribution in [0.4, 0.5) is 0 Å². The minimum absolute atomic E-state index is 0.938. The topological polar surface area (TPSA) is 60.2 Å². The van der Waals surface area contributed by atoms with Crippen LogP contribution in [0.2, 0.25) is 0 Å². The first-order chi connectivity index (χ1) is 6.93. The van der Waals surface area contributed by atoms with Gasteiger partial charge in [-0.2, -0.15) is 0 Å². The fraction of sp³-hybridized carbons (Fsp3) is 0.455. The van der Waals surface area contributed by atoms with E-state index in [0.29, 0.717) is 0 Å². The predicted molar refractivity (Wildman–Crippen MR) is 64.1 cm³/mol. The molecule has 3 nitrogen and oxygen atoms in total. The molecule has 0 aliphatic rings. The Labute approximate surface area is 92.4 Å². The summed E-state index contributed by atoms with van der Waals surface area (Å²) >= 11 is 0. The number of unbranched alkanes of at least 4 members (excludes halogenated alkanes) is 1. The Kier molecular flexibility index (Phi) is 6.99. The zero-order valence-electron chi connectivity index (χ0n) is 9.31. The second-order valence-electron chi connectivity index (χ2n) is 3.42. The van der Waals surface area contributed by atoms with Gasteiger partial charge in [0.1, 0.15) is 0 Å². The molecule has 0 unspecified atom stereocenters. The standard InChI is InChI=1S/C10H14.CH5NO2S/c1-2-3-7-10-8-5-4-6-9-10;1-5(2,3)4/h4-6,8-9H,2-3,7H2,1H3;1H3,(H2,2,3,4). The van der Waals surface area contributed by atoms with Crippen molar-refractivity contribution in [2.45, 2.75) is 26.2 Å². The Morgan fingerprint density at radius 1 is 1.20 bits per heavy atom. The van der Waals surface area contributed by atoms with Gasteiger partial charge in [0.25, 0.3) is 0 Å². The van der Waals surface area contributed by atoms with E-state index in [4.69, 9.17) is 0 Å². The first-order valence-corrected chi connectivity index (χ1v) is 6.90. The molecule has 0 aromatic heterocycles. The number of primary sulfonamides is 1. The Bertz CT molecular complexity index is 338. The molecule has 15 heavy (non-hydrogen) atoms. The SMILES string of the molecule is CCCCc1ccccc1.CS(N)(=O)=O. The van der Waals surface area contributed by atoms with Crippen LogP contribution >= 0.6 is 0 Å². The van der Waals surface area contributed by atoms with Crippen LogP contribution in [0.15, 0.2) is 30.3 Å². The van der Waals surface area contributed by atoms with Crippen LogP contribution in [0.5, 0.6) is 0 Å². The van der Waals surface area contributed by atoms with Crippen molar-refractivity contribution in [3.63, 3.8) is 0 Å². The summed E-state index contributed by atoms with van der Waals surface area (Å²) in [6, 6.07) is 10.6. The van der Waals surface area contributed by atoms with E-state index in [9.17, 15) is 8.42 Å². The number of benzene rings is 1. The summed E-state index contributed by atoms with van der Waals surface area (Å²) in [6.45, 7) is 2.23. The summed E-state index contributed by atoms with van der Waals surface area (Å²) in [5, 5.41) is 4.33. The van der Waals surface area contributed by atoms with Gasteiger partial charge in [0.15, 0.2) is 0 Å². The largest absolute Gasteiger partial charge is 0.229 e. The van der Waals surface area contributed by atoms with E-state index in [1.807, 2.05) is 0 Å². The Hall–Kier alpha value is -0.870. The van der Waals surface area contributed by atoms with Crippen molar-refractivity contribution >= 4 is 10.0 Å². The Morgan fingerprint density at radius 3 is 2.07 bits per heavy atom. The van der Waals surface area contributed by atoms with Gasteiger partial charge in [-0.15, -0.1) is 0 Å². The molecule has 1 aromatic carbocycles. The van der Waals surface area contributed by atoms with Crippen LogP contribution in [0.1, 0.15) is 25.3 Å². The molecule has 0 radical (unpaired) electrons. The van der Waals surface area contributed by atoms with Crippen molar-refractivity contribution in [1.29, 1.82) is 0 Å². The summed E-state index contributed by atoms with van der Waals surface area (Å²) < 4.78 is 18.8. The van der Waals surface area contributed by atoms with Crippen molar-refractivity contribution in [2.75, 3.05) is 6.26 Å². The first kappa shape index (κ1) is 14.1. The van der Waals surface area contributed by atoms with Crippen molar-refractivity contribution < 1.29 is 8.42 Å². The van der Waals surface area contributed by atoms with Gasteiger partial charge in [-0.05, 0) is 18.4 Å². The molecule has 1 aromatic rings. The first-order valence-electron chi connectivity index (χ1n) is 4.95. The van der Waals surface area contributed by atoms with Crippen LogP contribution in [-0.2, 0) is 16.4 Å². The lowest BCUT2D eigenvalue weighted by Crippen LogP contribution is -2.07. The number of nitrogens with two attached hydrogens (primary N) is 1. The van der Waals surface area contributed by atoms with Crippen LogP contribution < -0.4 is 5.14 Å². The van der Waals surface area contributed by atoms with Gasteiger partial charge in [0.05, 0.1) is 6.26 Å². The molecule has 0 aliphatic carbocycles. The summed E-state index contributed by atoms with van der Waals surface area (Å²) in [5.74, 6) is 0. The second kappa shape index (κ2) is 7.43. The summed E-state index contributed by atoms with van der Waals surface area (Å²) in [5.41, 5.74) is 1.46. The van der Waals surface area contributed by atoms with Crippen LogP contribution in [0, 0.1) is 0 Å². The second-order valence-corrected chi connectivity index (χ2v) is 5.08. The van der Waals surface area contributed by atoms with E-state index in [1.54, 1.807) is 0 Å². The minimum Gasteiger partial charge on any atom is -0.229 e. The third kappa shape index (κ3) is 13.1. The third-order valence-electron chi connectivity index (χ3n) is 1.66. The maximum Gasteiger partial charge on any atom is 0.206 e. The maximum atomic E-state index is 9.41. The van der Waals surface area contributed by atoms with E-state index in [1.165, 1.54) is 24.8 Å². The van der Waals surface area contributed by atoms with Crippen molar-refractivity contribution in [1.82, 2.24) is 0 Å². The monoisotopic (exact) mass is 229 g/mol. The van der Waals surface area contributed by atoms with Gasteiger partial charge in [0.2, 0.25) is 10.0 Å². The smallest absolute Gasteiger partial charge is 0.206 e. The number of aryl methyl sites for hydroxylation is 1. The van der Waals surface area contributed by atoms with Crippen LogP contribution in [-0.4, -0.2) is 14.7 Å². The quantitative estimate of drug-likeness (QED) is 0.861. The lowest BCUT2D eigenvalue weighted by Gasteiger charge is -1.96. The molecule has 0 fully saturated rings. The lowest BCUT2D eigenvalue weighted by molar-refractivity contribution is 0.603. The van der Waals surface area contributed by atoms with Crippen molar-refractivity contribution in [2.24, 2.45) is 5.14 Å². The number of sulfonamides is 1. The zero-order chi connectivity index (χ0) is 11.7. The molecule has 0 bridgehead atoms. The van der Waals surface area contributed by atoms with Gasteiger partial charge < -0.3 is 0 Å². The van der Waals surface area contributed by atoms with E-state index >= 15 is 0 Å². The van der Waals surface area contributed by atoms with Crippen molar-refractivity contribution in [3.05, 3.63) is 35.9 Å². The van der Waals surface area contributed by atoms with Gasteiger partial charge >= 0.3 is 0 Å². The summed E-state index contributed by atoms with van der Waals surface area (Å²) in [4.78, 5) is 0. The van der Waals surface area contributed by atoms with Gasteiger partial charge in [-0.1, -0.05) is 43.7 Å². The molecule has 0 saturated carbocycles. The Morgan fingerprint density at radius 2 is 1.67 bits per heavy atom. The van der Waals surface area contributed by atoms with Crippen molar-refractivity contribution in [3.8, 4) is 0 Å². The summed E-state index contributed by atoms with van der Waals surface area (Å²) in [6.07, 6.45) is 4.77. The molecular formula is C11H19NO2S. The molecule has 0 atom stereocenters. The molecule has 0 spiro atoms. The number of hydrogen-bond acceptors (Lipinski definition) is 2. The van der Waals surface area contributed by atoms with E-state index in [0.717, 1.165) is 6.26 Å². The maximum absolute atomic E-state index is 9.41. The highest BCUT2D eigenvalue weighted by atomic mass is 32.2. The molecule has 0 amide bonds. The highest BCUT2D eigenvalue weighted by Gasteiger charge is 1.87. The molecule has 0 saturated heterocycles. The molecule has 2 N–H and O–H groups in total. The fourth-order valence-corrected chi connectivity index (χ4v) is 1.03. The summed E-state index contributed by atoms with van der Waals surface area (Å²) in [7, 11) is -3.17. The average Bonchev–Trinajstić information content (AvgIpc) is 2.14. The molecular weight excluding hydrogens is 210 g/mol. The zero-order valence-corrected chi connectivity index (χ0v) is 10.1. The van der Waals surface area contributed by atoms with E-state index < -0.39 is 10.0 Å². The number of rotatable bonds is 3. The molecule has 0 aliphatic heterocycles. The normalized spacial score (nSPS) is 10.3.